The minimum absolute atomic E-state index is 0.0778. The predicted molar refractivity (Wildman–Crippen MR) is 170 cm³/mol. The van der Waals surface area contributed by atoms with E-state index in [0.29, 0.717) is 21.0 Å². The van der Waals surface area contributed by atoms with Gasteiger partial charge in [-0.1, -0.05) is 84.0 Å². The van der Waals surface area contributed by atoms with Gasteiger partial charge in [-0.2, -0.15) is 13.2 Å². The number of amides is 2. The number of hydrogen-bond donors (Lipinski definition) is 1. The lowest BCUT2D eigenvalue weighted by molar-refractivity contribution is -0.140. The van der Waals surface area contributed by atoms with Crippen molar-refractivity contribution in [2.24, 2.45) is 0 Å². The third kappa shape index (κ3) is 9.28. The zero-order chi connectivity index (χ0) is 32.9. The number of carbonyl (C=O) groups is 2. The van der Waals surface area contributed by atoms with E-state index >= 15 is 0 Å². The van der Waals surface area contributed by atoms with E-state index in [-0.39, 0.29) is 24.0 Å². The fourth-order valence-corrected chi connectivity index (χ4v) is 6.79. The number of anilines is 1. The Kier molecular flexibility index (Phi) is 11.3. The number of hydrogen-bond acceptors (Lipinski definition) is 4. The summed E-state index contributed by atoms with van der Waals surface area (Å²) >= 11 is 18.3. The Morgan fingerprint density at radius 1 is 0.956 bits per heavy atom. The third-order valence-electron chi connectivity index (χ3n) is 7.55. The minimum Gasteiger partial charge on any atom is -0.352 e. The average Bonchev–Trinajstić information content (AvgIpc) is 3.47. The Hall–Kier alpha value is -2.99. The second kappa shape index (κ2) is 14.6. The molecule has 45 heavy (non-hydrogen) atoms. The molecule has 3 aromatic carbocycles. The van der Waals surface area contributed by atoms with Gasteiger partial charge >= 0.3 is 6.18 Å². The second-order valence-electron chi connectivity index (χ2n) is 10.9. The summed E-state index contributed by atoms with van der Waals surface area (Å²) in [5, 5.41) is 2.95. The standard InChI is InChI=1S/C31H31Cl3F3N3O4S/c1-45(43,44)40(24-13-14-26(33)25(17-24)31(35,36)37)19-29(41)39(18-21-11-12-22(32)16-27(21)34)28(15-20-7-3-2-4-8-20)30(42)38-23-9-5-6-10-23/h2-4,7-8,11-14,16-17,23,28H,5-6,9-10,15,18-19H2,1H3,(H,38,42)/t28-/m1/s1. The summed E-state index contributed by atoms with van der Waals surface area (Å²) in [6.45, 7) is -1.11. The van der Waals surface area contributed by atoms with Gasteiger partial charge in [0.1, 0.15) is 12.6 Å². The van der Waals surface area contributed by atoms with Crippen molar-refractivity contribution in [1.29, 1.82) is 0 Å². The normalized spacial score (nSPS) is 14.6. The Morgan fingerprint density at radius 2 is 1.62 bits per heavy atom. The van der Waals surface area contributed by atoms with Crippen LogP contribution >= 0.6 is 34.8 Å². The Labute approximate surface area is 275 Å². The van der Waals surface area contributed by atoms with Gasteiger partial charge in [0.15, 0.2) is 0 Å². The molecule has 242 valence electrons. The van der Waals surface area contributed by atoms with E-state index < -0.39 is 56.9 Å². The molecule has 1 saturated carbocycles. The molecule has 0 spiro atoms. The first-order valence-corrected chi connectivity index (χ1v) is 17.0. The van der Waals surface area contributed by atoms with Crippen LogP contribution in [0.1, 0.15) is 42.4 Å². The SMILES string of the molecule is CS(=O)(=O)N(CC(=O)N(Cc1ccc(Cl)cc1Cl)[C@H](Cc1ccccc1)C(=O)NC1CCCC1)c1ccc(Cl)c(C(F)(F)F)c1. The monoisotopic (exact) mass is 703 g/mol. The van der Waals surface area contributed by atoms with Crippen molar-refractivity contribution in [3.8, 4) is 0 Å². The van der Waals surface area contributed by atoms with Crippen LogP contribution in [-0.2, 0) is 38.8 Å². The maximum absolute atomic E-state index is 14.2. The number of alkyl halides is 3. The molecular formula is C31H31Cl3F3N3O4S. The Bertz CT molecular complexity index is 1640. The Morgan fingerprint density at radius 3 is 2.22 bits per heavy atom. The molecule has 0 radical (unpaired) electrons. The Balaban J connectivity index is 1.78. The van der Waals surface area contributed by atoms with E-state index in [4.69, 9.17) is 34.8 Å². The van der Waals surface area contributed by atoms with Crippen molar-refractivity contribution in [1.82, 2.24) is 10.2 Å². The highest BCUT2D eigenvalue weighted by molar-refractivity contribution is 7.92. The van der Waals surface area contributed by atoms with E-state index in [0.717, 1.165) is 49.6 Å². The lowest BCUT2D eigenvalue weighted by Gasteiger charge is -2.34. The highest BCUT2D eigenvalue weighted by Crippen LogP contribution is 2.37. The van der Waals surface area contributed by atoms with E-state index in [1.54, 1.807) is 42.5 Å². The lowest BCUT2D eigenvalue weighted by atomic mass is 10.0. The van der Waals surface area contributed by atoms with Gasteiger partial charge in [-0.05, 0) is 54.3 Å². The summed E-state index contributed by atoms with van der Waals surface area (Å²) < 4.78 is 67.4. The van der Waals surface area contributed by atoms with E-state index in [9.17, 15) is 31.2 Å². The maximum atomic E-state index is 14.2. The van der Waals surface area contributed by atoms with Crippen molar-refractivity contribution in [2.45, 2.75) is 56.9 Å². The predicted octanol–water partition coefficient (Wildman–Crippen LogP) is 7.13. The van der Waals surface area contributed by atoms with Gasteiger partial charge in [0.25, 0.3) is 0 Å². The topological polar surface area (TPSA) is 86.8 Å². The van der Waals surface area contributed by atoms with Crippen LogP contribution in [0.25, 0.3) is 0 Å². The number of sulfonamides is 1. The molecule has 0 bridgehead atoms. The van der Waals surface area contributed by atoms with Gasteiger partial charge in [0.05, 0.1) is 22.5 Å². The van der Waals surface area contributed by atoms with Gasteiger partial charge < -0.3 is 10.2 Å². The van der Waals surface area contributed by atoms with E-state index in [2.05, 4.69) is 5.32 Å². The number of nitrogens with one attached hydrogen (secondary N) is 1. The van der Waals surface area contributed by atoms with Crippen molar-refractivity contribution in [2.75, 3.05) is 17.1 Å². The fourth-order valence-electron chi connectivity index (χ4n) is 5.25. The second-order valence-corrected chi connectivity index (χ2v) is 14.0. The van der Waals surface area contributed by atoms with Crippen LogP contribution in [0.3, 0.4) is 0 Å². The molecule has 4 rings (SSSR count). The van der Waals surface area contributed by atoms with Crippen molar-refractivity contribution >= 4 is 62.3 Å². The van der Waals surface area contributed by atoms with Crippen LogP contribution in [0, 0.1) is 0 Å². The van der Waals surface area contributed by atoms with E-state index in [1.807, 2.05) is 0 Å². The van der Waals surface area contributed by atoms with E-state index in [1.165, 1.54) is 11.0 Å². The number of carbonyl (C=O) groups excluding carboxylic acids is 2. The van der Waals surface area contributed by atoms with Crippen molar-refractivity contribution in [3.05, 3.63) is 98.5 Å². The lowest BCUT2D eigenvalue weighted by Crippen LogP contribution is -2.54. The summed E-state index contributed by atoms with van der Waals surface area (Å²) in [6, 6.07) is 15.0. The van der Waals surface area contributed by atoms with Crippen molar-refractivity contribution < 1.29 is 31.2 Å². The van der Waals surface area contributed by atoms with Gasteiger partial charge in [0.2, 0.25) is 21.8 Å². The van der Waals surface area contributed by atoms with Gasteiger partial charge in [0, 0.05) is 29.1 Å². The average molecular weight is 705 g/mol. The summed E-state index contributed by atoms with van der Waals surface area (Å²) in [7, 11) is -4.30. The number of benzene rings is 3. The minimum atomic E-state index is -4.88. The van der Waals surface area contributed by atoms with Gasteiger partial charge in [-0.15, -0.1) is 0 Å². The molecule has 14 heteroatoms. The third-order valence-corrected chi connectivity index (χ3v) is 9.61. The molecule has 0 heterocycles. The first kappa shape index (κ1) is 34.9. The van der Waals surface area contributed by atoms with Crippen molar-refractivity contribution in [3.63, 3.8) is 0 Å². The summed E-state index contributed by atoms with van der Waals surface area (Å²) in [4.78, 5) is 29.3. The quantitative estimate of drug-likeness (QED) is 0.230. The number of rotatable bonds is 11. The first-order chi connectivity index (χ1) is 21.1. The maximum Gasteiger partial charge on any atom is 0.417 e. The van der Waals surface area contributed by atoms with Gasteiger partial charge in [-0.3, -0.25) is 13.9 Å². The number of nitrogens with zero attached hydrogens (tertiary/aromatic N) is 2. The zero-order valence-corrected chi connectivity index (χ0v) is 27.2. The highest BCUT2D eigenvalue weighted by Gasteiger charge is 2.37. The smallest absolute Gasteiger partial charge is 0.352 e. The van der Waals surface area contributed by atoms with Gasteiger partial charge in [-0.25, -0.2) is 8.42 Å². The zero-order valence-electron chi connectivity index (χ0n) is 24.2. The van der Waals surface area contributed by atoms with Crippen LogP contribution < -0.4 is 9.62 Å². The van der Waals surface area contributed by atoms with Crippen LogP contribution in [0.2, 0.25) is 15.1 Å². The molecule has 1 fully saturated rings. The largest absolute Gasteiger partial charge is 0.417 e. The molecule has 7 nitrogen and oxygen atoms in total. The van der Waals surface area contributed by atoms with Crippen LogP contribution in [0.4, 0.5) is 18.9 Å². The highest BCUT2D eigenvalue weighted by atomic mass is 35.5. The summed E-state index contributed by atoms with van der Waals surface area (Å²) in [5.74, 6) is -1.28. The molecule has 1 aliphatic carbocycles. The molecule has 2 amide bonds. The molecule has 1 N–H and O–H groups in total. The molecule has 1 atom stereocenters. The van der Waals surface area contributed by atoms with Crippen LogP contribution in [-0.4, -0.2) is 50.0 Å². The molecule has 0 aromatic heterocycles. The molecular weight excluding hydrogens is 674 g/mol. The molecule has 0 saturated heterocycles. The van der Waals surface area contributed by atoms with Crippen LogP contribution in [0.15, 0.2) is 66.7 Å². The molecule has 0 unspecified atom stereocenters. The molecule has 0 aliphatic heterocycles. The summed E-state index contributed by atoms with van der Waals surface area (Å²) in [6.07, 6.45) is -0.577. The number of halogens is 6. The first-order valence-electron chi connectivity index (χ1n) is 14.1. The van der Waals surface area contributed by atoms with Crippen LogP contribution in [0.5, 0.6) is 0 Å². The summed E-state index contributed by atoms with van der Waals surface area (Å²) in [5.41, 5.74) is -0.512. The fraction of sp³-hybridized carbons (Fsp3) is 0.355. The molecule has 1 aliphatic rings. The molecule has 3 aromatic rings.